The maximum atomic E-state index is 11.9. The van der Waals surface area contributed by atoms with Gasteiger partial charge >= 0.3 is 0 Å². The molecule has 0 unspecified atom stereocenters. The van der Waals surface area contributed by atoms with Crippen LogP contribution in [0.4, 0.5) is 0 Å². The van der Waals surface area contributed by atoms with Gasteiger partial charge in [0.05, 0.1) is 12.3 Å². The standard InChI is InChI=1S/C12H14N4OS/c1-16(8-11-14-6-7-15-11)12(17)9-18-10-2-4-13-5-3-10/h2-7H,8-9H2,1H3,(H,14,15). The number of aromatic amines is 1. The van der Waals surface area contributed by atoms with Crippen molar-refractivity contribution in [1.29, 1.82) is 0 Å². The minimum absolute atomic E-state index is 0.0770. The highest BCUT2D eigenvalue weighted by Gasteiger charge is 2.10. The average Bonchev–Trinajstić information content (AvgIpc) is 2.90. The predicted molar refractivity (Wildman–Crippen MR) is 70.0 cm³/mol. The predicted octanol–water partition coefficient (Wildman–Crippen LogP) is 1.56. The molecule has 94 valence electrons. The minimum atomic E-state index is 0.0770. The molecule has 0 spiro atoms. The van der Waals surface area contributed by atoms with E-state index in [4.69, 9.17) is 0 Å². The van der Waals surface area contributed by atoms with Gasteiger partial charge in [0.25, 0.3) is 0 Å². The third-order valence-electron chi connectivity index (χ3n) is 2.38. The monoisotopic (exact) mass is 262 g/mol. The van der Waals surface area contributed by atoms with Crippen LogP contribution < -0.4 is 0 Å². The second-order valence-corrected chi connectivity index (χ2v) is 4.81. The van der Waals surface area contributed by atoms with Gasteiger partial charge < -0.3 is 9.88 Å². The third kappa shape index (κ3) is 3.59. The smallest absolute Gasteiger partial charge is 0.233 e. The molecular formula is C12H14N4OS. The van der Waals surface area contributed by atoms with Gasteiger partial charge in [-0.15, -0.1) is 11.8 Å². The number of carbonyl (C=O) groups is 1. The van der Waals surface area contributed by atoms with Crippen molar-refractivity contribution < 1.29 is 4.79 Å². The maximum absolute atomic E-state index is 11.9. The summed E-state index contributed by atoms with van der Waals surface area (Å²) >= 11 is 1.51. The molecule has 0 fully saturated rings. The summed E-state index contributed by atoms with van der Waals surface area (Å²) in [6.07, 6.45) is 6.87. The summed E-state index contributed by atoms with van der Waals surface area (Å²) in [7, 11) is 1.78. The molecule has 6 heteroatoms. The van der Waals surface area contributed by atoms with Gasteiger partial charge in [-0.25, -0.2) is 4.98 Å². The van der Waals surface area contributed by atoms with Crippen LogP contribution in [0.1, 0.15) is 5.82 Å². The van der Waals surface area contributed by atoms with Crippen LogP contribution in [-0.4, -0.2) is 38.6 Å². The Bertz CT molecular complexity index is 486. The molecule has 0 radical (unpaired) electrons. The highest BCUT2D eigenvalue weighted by molar-refractivity contribution is 8.00. The average molecular weight is 262 g/mol. The normalized spacial score (nSPS) is 10.3. The van der Waals surface area contributed by atoms with Crippen LogP contribution in [0.5, 0.6) is 0 Å². The fourth-order valence-electron chi connectivity index (χ4n) is 1.39. The molecule has 2 rings (SSSR count). The zero-order valence-electron chi connectivity index (χ0n) is 10.0. The topological polar surface area (TPSA) is 61.9 Å². The Morgan fingerprint density at radius 1 is 1.39 bits per heavy atom. The van der Waals surface area contributed by atoms with E-state index in [1.165, 1.54) is 11.8 Å². The van der Waals surface area contributed by atoms with E-state index in [1.807, 2.05) is 12.1 Å². The van der Waals surface area contributed by atoms with Gasteiger partial charge in [-0.3, -0.25) is 9.78 Å². The highest BCUT2D eigenvalue weighted by Crippen LogP contribution is 2.16. The third-order valence-corrected chi connectivity index (χ3v) is 3.38. The van der Waals surface area contributed by atoms with Crippen LogP contribution in [0.25, 0.3) is 0 Å². The van der Waals surface area contributed by atoms with Crippen molar-refractivity contribution in [1.82, 2.24) is 19.9 Å². The van der Waals surface area contributed by atoms with E-state index >= 15 is 0 Å². The SMILES string of the molecule is CN(Cc1ncc[nH]1)C(=O)CSc1ccncc1. The van der Waals surface area contributed by atoms with Crippen molar-refractivity contribution in [3.63, 3.8) is 0 Å². The molecule has 0 bridgehead atoms. The fraction of sp³-hybridized carbons (Fsp3) is 0.250. The first-order valence-corrected chi connectivity index (χ1v) is 6.49. The first-order valence-electron chi connectivity index (χ1n) is 5.51. The summed E-state index contributed by atoms with van der Waals surface area (Å²) < 4.78 is 0. The molecule has 2 aromatic rings. The van der Waals surface area contributed by atoms with Crippen molar-refractivity contribution in [2.24, 2.45) is 0 Å². The van der Waals surface area contributed by atoms with Crippen molar-refractivity contribution in [2.45, 2.75) is 11.4 Å². The van der Waals surface area contributed by atoms with Gasteiger partial charge in [0.2, 0.25) is 5.91 Å². The number of nitrogens with zero attached hydrogens (tertiary/aromatic N) is 3. The zero-order valence-corrected chi connectivity index (χ0v) is 10.9. The first kappa shape index (κ1) is 12.6. The van der Waals surface area contributed by atoms with Crippen molar-refractivity contribution in [3.8, 4) is 0 Å². The van der Waals surface area contributed by atoms with Gasteiger partial charge in [0.1, 0.15) is 5.82 Å². The van der Waals surface area contributed by atoms with E-state index in [0.717, 1.165) is 10.7 Å². The molecule has 0 aliphatic carbocycles. The zero-order chi connectivity index (χ0) is 12.8. The van der Waals surface area contributed by atoms with Crippen molar-refractivity contribution in [3.05, 3.63) is 42.7 Å². The van der Waals surface area contributed by atoms with E-state index in [1.54, 1.807) is 36.7 Å². The van der Waals surface area contributed by atoms with Gasteiger partial charge in [-0.05, 0) is 12.1 Å². The van der Waals surface area contributed by atoms with Gasteiger partial charge in [-0.1, -0.05) is 0 Å². The number of H-pyrrole nitrogens is 1. The largest absolute Gasteiger partial charge is 0.347 e. The van der Waals surface area contributed by atoms with E-state index < -0.39 is 0 Å². The first-order chi connectivity index (χ1) is 8.75. The molecular weight excluding hydrogens is 248 g/mol. The fourth-order valence-corrected chi connectivity index (χ4v) is 2.21. The molecule has 1 N–H and O–H groups in total. The summed E-state index contributed by atoms with van der Waals surface area (Å²) in [4.78, 5) is 25.6. The van der Waals surface area contributed by atoms with Crippen LogP contribution in [0.15, 0.2) is 41.8 Å². The Balaban J connectivity index is 1.81. The van der Waals surface area contributed by atoms with Crippen molar-refractivity contribution in [2.75, 3.05) is 12.8 Å². The Morgan fingerprint density at radius 3 is 2.83 bits per heavy atom. The number of rotatable bonds is 5. The Hall–Kier alpha value is -1.82. The molecule has 0 aliphatic heterocycles. The van der Waals surface area contributed by atoms with Gasteiger partial charge in [0, 0.05) is 36.7 Å². The minimum Gasteiger partial charge on any atom is -0.347 e. The molecule has 1 amide bonds. The number of hydrogen-bond acceptors (Lipinski definition) is 4. The summed E-state index contributed by atoms with van der Waals surface area (Å²) in [5.74, 6) is 1.29. The summed E-state index contributed by atoms with van der Waals surface area (Å²) in [5, 5.41) is 0. The van der Waals surface area contributed by atoms with Crippen LogP contribution >= 0.6 is 11.8 Å². The summed E-state index contributed by atoms with van der Waals surface area (Å²) in [5.41, 5.74) is 0. The molecule has 18 heavy (non-hydrogen) atoms. The van der Waals surface area contributed by atoms with E-state index in [-0.39, 0.29) is 5.91 Å². The Labute approximate surface area is 110 Å². The number of thioether (sulfide) groups is 1. The lowest BCUT2D eigenvalue weighted by Gasteiger charge is -2.15. The van der Waals surface area contributed by atoms with Crippen molar-refractivity contribution >= 4 is 17.7 Å². The number of nitrogens with one attached hydrogen (secondary N) is 1. The van der Waals surface area contributed by atoms with E-state index in [9.17, 15) is 4.79 Å². The van der Waals surface area contributed by atoms with Gasteiger partial charge in [0.15, 0.2) is 0 Å². The van der Waals surface area contributed by atoms with E-state index in [2.05, 4.69) is 15.0 Å². The van der Waals surface area contributed by atoms with Crippen LogP contribution in [0, 0.1) is 0 Å². The number of imidazole rings is 1. The summed E-state index contributed by atoms with van der Waals surface area (Å²) in [6, 6.07) is 3.79. The number of aromatic nitrogens is 3. The molecule has 0 saturated carbocycles. The van der Waals surface area contributed by atoms with E-state index in [0.29, 0.717) is 12.3 Å². The molecule has 2 heterocycles. The Kier molecular flexibility index (Phi) is 4.35. The lowest BCUT2D eigenvalue weighted by atomic mass is 10.5. The molecule has 0 aromatic carbocycles. The lowest BCUT2D eigenvalue weighted by Crippen LogP contribution is -2.28. The second kappa shape index (κ2) is 6.20. The maximum Gasteiger partial charge on any atom is 0.233 e. The molecule has 5 nitrogen and oxygen atoms in total. The Morgan fingerprint density at radius 2 is 2.17 bits per heavy atom. The number of pyridine rings is 1. The molecule has 0 atom stereocenters. The molecule has 0 saturated heterocycles. The van der Waals surface area contributed by atoms with Gasteiger partial charge in [-0.2, -0.15) is 0 Å². The lowest BCUT2D eigenvalue weighted by molar-refractivity contribution is -0.127. The number of hydrogen-bond donors (Lipinski definition) is 1. The number of carbonyl (C=O) groups excluding carboxylic acids is 1. The molecule has 2 aromatic heterocycles. The second-order valence-electron chi connectivity index (χ2n) is 3.76. The molecule has 0 aliphatic rings. The quantitative estimate of drug-likeness (QED) is 0.831. The highest BCUT2D eigenvalue weighted by atomic mass is 32.2. The summed E-state index contributed by atoms with van der Waals surface area (Å²) in [6.45, 7) is 0.503. The van der Waals surface area contributed by atoms with Crippen LogP contribution in [-0.2, 0) is 11.3 Å². The van der Waals surface area contributed by atoms with Crippen LogP contribution in [0.3, 0.4) is 0 Å². The van der Waals surface area contributed by atoms with Crippen LogP contribution in [0.2, 0.25) is 0 Å². The number of amides is 1.